The van der Waals surface area contributed by atoms with Gasteiger partial charge in [-0.25, -0.2) is 0 Å². The van der Waals surface area contributed by atoms with Crippen molar-refractivity contribution in [3.05, 3.63) is 47.1 Å². The predicted octanol–water partition coefficient (Wildman–Crippen LogP) is 2.82. The molecule has 3 aliphatic rings. The van der Waals surface area contributed by atoms with Crippen LogP contribution in [0, 0.1) is 0 Å². The number of benzene rings is 1. The van der Waals surface area contributed by atoms with Crippen LogP contribution in [0.3, 0.4) is 0 Å². The highest BCUT2D eigenvalue weighted by atomic mass is 16.5. The number of nitrogens with zero attached hydrogens (tertiary/aromatic N) is 1. The first-order valence-electron chi connectivity index (χ1n) is 8.63. The molecule has 0 radical (unpaired) electrons. The summed E-state index contributed by atoms with van der Waals surface area (Å²) >= 11 is 0. The lowest BCUT2D eigenvalue weighted by atomic mass is 9.70. The van der Waals surface area contributed by atoms with Crippen molar-refractivity contribution in [1.82, 2.24) is 4.90 Å². The largest absolute Gasteiger partial charge is 0.493 e. The first-order valence-corrected chi connectivity index (χ1v) is 8.63. The smallest absolute Gasteiger partial charge is 0.161 e. The molecule has 1 aromatic carbocycles. The monoisotopic (exact) mass is 343 g/mol. The van der Waals surface area contributed by atoms with E-state index in [1.54, 1.807) is 28.4 Å². The maximum absolute atomic E-state index is 5.82. The molecule has 4 rings (SSSR count). The standard InChI is InChI=1S/C20H25NO4/c1-22-14-6-5-13-7-8-21-12-19(25-4)15-9-17(23-2)18(24-3)10-16(15)20(13,21)11-14/h5-7,9-10,14,19H,8,11-12H2,1-4H3/t14-,19-,20-/m0/s1. The Labute approximate surface area is 148 Å². The van der Waals surface area contributed by atoms with E-state index in [2.05, 4.69) is 35.3 Å². The molecule has 25 heavy (non-hydrogen) atoms. The summed E-state index contributed by atoms with van der Waals surface area (Å²) in [5.74, 6) is 1.49. The Morgan fingerprint density at radius 3 is 2.48 bits per heavy atom. The van der Waals surface area contributed by atoms with Gasteiger partial charge >= 0.3 is 0 Å². The fourth-order valence-electron chi connectivity index (χ4n) is 4.59. The second kappa shape index (κ2) is 6.16. The van der Waals surface area contributed by atoms with Crippen LogP contribution in [0.2, 0.25) is 0 Å². The van der Waals surface area contributed by atoms with E-state index < -0.39 is 0 Å². The molecule has 1 spiro atoms. The van der Waals surface area contributed by atoms with Gasteiger partial charge in [0.15, 0.2) is 11.5 Å². The topological polar surface area (TPSA) is 40.2 Å². The van der Waals surface area contributed by atoms with E-state index in [4.69, 9.17) is 18.9 Å². The minimum absolute atomic E-state index is 0.0140. The van der Waals surface area contributed by atoms with Gasteiger partial charge in [0.2, 0.25) is 0 Å². The SMILES string of the molecule is COc1cc2c(cc1OC)[C@]13C[C@@H](OC)C=CC1=CCN3C[C@@H]2OC. The highest BCUT2D eigenvalue weighted by Gasteiger charge is 2.52. The maximum Gasteiger partial charge on any atom is 0.161 e. The summed E-state index contributed by atoms with van der Waals surface area (Å²) in [7, 11) is 6.90. The molecule has 1 aromatic rings. The summed E-state index contributed by atoms with van der Waals surface area (Å²) in [4.78, 5) is 2.50. The molecule has 0 N–H and O–H groups in total. The Morgan fingerprint density at radius 1 is 1.04 bits per heavy atom. The van der Waals surface area contributed by atoms with Gasteiger partial charge in [-0.15, -0.1) is 0 Å². The van der Waals surface area contributed by atoms with Gasteiger partial charge in [-0.2, -0.15) is 0 Å². The number of hydrogen-bond donors (Lipinski definition) is 0. The first-order chi connectivity index (χ1) is 12.2. The summed E-state index contributed by atoms with van der Waals surface area (Å²) < 4.78 is 22.6. The molecule has 134 valence electrons. The fraction of sp³-hybridized carbons (Fsp3) is 0.500. The molecule has 3 atom stereocenters. The highest BCUT2D eigenvalue weighted by Crippen LogP contribution is 2.54. The lowest BCUT2D eigenvalue weighted by molar-refractivity contribution is -0.00662. The van der Waals surface area contributed by atoms with Crippen molar-refractivity contribution in [2.75, 3.05) is 41.5 Å². The number of ether oxygens (including phenoxy) is 4. The second-order valence-electron chi connectivity index (χ2n) is 6.78. The molecule has 0 unspecified atom stereocenters. The fourth-order valence-corrected chi connectivity index (χ4v) is 4.59. The molecule has 2 aliphatic heterocycles. The number of hydrogen-bond acceptors (Lipinski definition) is 5. The van der Waals surface area contributed by atoms with Gasteiger partial charge in [0.1, 0.15) is 0 Å². The van der Waals surface area contributed by atoms with Gasteiger partial charge in [0.05, 0.1) is 32.0 Å². The van der Waals surface area contributed by atoms with Gasteiger partial charge in [-0.05, 0) is 28.8 Å². The molecular weight excluding hydrogens is 318 g/mol. The molecule has 0 amide bonds. The summed E-state index contributed by atoms with van der Waals surface area (Å²) in [6.45, 7) is 1.77. The van der Waals surface area contributed by atoms with E-state index in [-0.39, 0.29) is 17.7 Å². The number of methoxy groups -OCH3 is 4. The lowest BCUT2D eigenvalue weighted by Crippen LogP contribution is -2.52. The first kappa shape index (κ1) is 16.6. The summed E-state index contributed by atoms with van der Waals surface area (Å²) in [6.07, 6.45) is 7.69. The van der Waals surface area contributed by atoms with Crippen molar-refractivity contribution in [3.63, 3.8) is 0 Å². The molecule has 0 saturated heterocycles. The van der Waals surface area contributed by atoms with E-state index in [1.165, 1.54) is 16.7 Å². The van der Waals surface area contributed by atoms with Crippen molar-refractivity contribution in [3.8, 4) is 11.5 Å². The zero-order valence-corrected chi connectivity index (χ0v) is 15.2. The predicted molar refractivity (Wildman–Crippen MR) is 95.2 cm³/mol. The van der Waals surface area contributed by atoms with Gasteiger partial charge in [-0.3, -0.25) is 4.90 Å². The van der Waals surface area contributed by atoms with Gasteiger partial charge in [0, 0.05) is 33.7 Å². The van der Waals surface area contributed by atoms with E-state index in [0.29, 0.717) is 0 Å². The highest BCUT2D eigenvalue weighted by molar-refractivity contribution is 5.58. The number of rotatable bonds is 4. The van der Waals surface area contributed by atoms with Crippen LogP contribution in [0.1, 0.15) is 23.7 Å². The Kier molecular flexibility index (Phi) is 4.10. The maximum atomic E-state index is 5.82. The van der Waals surface area contributed by atoms with Crippen molar-refractivity contribution in [1.29, 1.82) is 0 Å². The van der Waals surface area contributed by atoms with Gasteiger partial charge < -0.3 is 18.9 Å². The molecule has 0 fully saturated rings. The third-order valence-electron chi connectivity index (χ3n) is 5.86. The van der Waals surface area contributed by atoms with Crippen LogP contribution in [0.15, 0.2) is 35.9 Å². The van der Waals surface area contributed by atoms with Crippen molar-refractivity contribution >= 4 is 0 Å². The van der Waals surface area contributed by atoms with Gasteiger partial charge in [0.25, 0.3) is 0 Å². The molecule has 0 aromatic heterocycles. The summed E-state index contributed by atoms with van der Waals surface area (Å²) in [6, 6.07) is 4.20. The van der Waals surface area contributed by atoms with E-state index in [0.717, 1.165) is 31.0 Å². The van der Waals surface area contributed by atoms with E-state index in [9.17, 15) is 0 Å². The zero-order valence-electron chi connectivity index (χ0n) is 15.2. The quantitative estimate of drug-likeness (QED) is 0.841. The van der Waals surface area contributed by atoms with Crippen LogP contribution in [-0.4, -0.2) is 52.5 Å². The van der Waals surface area contributed by atoms with Crippen LogP contribution in [0.25, 0.3) is 0 Å². The van der Waals surface area contributed by atoms with Gasteiger partial charge in [-0.1, -0.05) is 18.2 Å². The van der Waals surface area contributed by atoms with Crippen molar-refractivity contribution < 1.29 is 18.9 Å². The number of fused-ring (bicyclic) bond motifs is 1. The van der Waals surface area contributed by atoms with E-state index in [1.807, 2.05) is 0 Å². The minimum Gasteiger partial charge on any atom is -0.493 e. The molecule has 0 bridgehead atoms. The Hall–Kier alpha value is -1.82. The Morgan fingerprint density at radius 2 is 1.80 bits per heavy atom. The molecule has 0 saturated carbocycles. The lowest BCUT2D eigenvalue weighted by Gasteiger charge is -2.50. The Bertz CT molecular complexity index is 741. The Balaban J connectivity index is 1.94. The third kappa shape index (κ3) is 2.26. The zero-order chi connectivity index (χ0) is 17.6. The molecular formula is C20H25NO4. The molecule has 2 heterocycles. The third-order valence-corrected chi connectivity index (χ3v) is 5.86. The minimum atomic E-state index is -0.181. The van der Waals surface area contributed by atoms with Crippen LogP contribution in [0.4, 0.5) is 0 Å². The van der Waals surface area contributed by atoms with Crippen LogP contribution >= 0.6 is 0 Å². The summed E-state index contributed by atoms with van der Waals surface area (Å²) in [5, 5.41) is 0. The average molecular weight is 343 g/mol. The van der Waals surface area contributed by atoms with Crippen molar-refractivity contribution in [2.24, 2.45) is 0 Å². The van der Waals surface area contributed by atoms with Crippen LogP contribution in [-0.2, 0) is 15.0 Å². The normalized spacial score (nSPS) is 30.3. The van der Waals surface area contributed by atoms with E-state index >= 15 is 0 Å². The average Bonchev–Trinajstić information content (AvgIpc) is 3.04. The molecule has 5 heteroatoms. The van der Waals surface area contributed by atoms with Crippen LogP contribution < -0.4 is 9.47 Å². The van der Waals surface area contributed by atoms with Crippen LogP contribution in [0.5, 0.6) is 11.5 Å². The second-order valence-corrected chi connectivity index (χ2v) is 6.78. The molecule has 1 aliphatic carbocycles. The van der Waals surface area contributed by atoms with Crippen molar-refractivity contribution in [2.45, 2.75) is 24.2 Å². The summed E-state index contributed by atoms with van der Waals surface area (Å²) in [5.41, 5.74) is 3.57. The molecule has 5 nitrogen and oxygen atoms in total.